The van der Waals surface area contributed by atoms with Crippen LogP contribution in [0.4, 0.5) is 5.69 Å². The highest BCUT2D eigenvalue weighted by Gasteiger charge is 2.07. The number of pyridine rings is 1. The van der Waals surface area contributed by atoms with E-state index in [1.807, 2.05) is 26.2 Å². The average Bonchev–Trinajstić information content (AvgIpc) is 2.67. The van der Waals surface area contributed by atoms with E-state index in [0.717, 1.165) is 5.56 Å². The predicted molar refractivity (Wildman–Crippen MR) is 60.7 cm³/mol. The van der Waals surface area contributed by atoms with Crippen LogP contribution in [-0.2, 0) is 0 Å². The van der Waals surface area contributed by atoms with Gasteiger partial charge < -0.3 is 4.90 Å². The average molecular weight is 203 g/mol. The Morgan fingerprint density at radius 2 is 2.00 bits per heavy atom. The lowest BCUT2D eigenvalue weighted by atomic mass is 10.1. The van der Waals surface area contributed by atoms with Crippen LogP contribution in [-0.4, -0.2) is 19.1 Å². The molecule has 0 unspecified atom stereocenters. The lowest BCUT2D eigenvalue weighted by Crippen LogP contribution is -2.08. The van der Waals surface area contributed by atoms with E-state index in [0.29, 0.717) is 0 Å². The van der Waals surface area contributed by atoms with Gasteiger partial charge >= 0.3 is 0 Å². The smallest absolute Gasteiger partial charge is 0.0556 e. The van der Waals surface area contributed by atoms with Gasteiger partial charge in [0, 0.05) is 37.4 Å². The van der Waals surface area contributed by atoms with Gasteiger partial charge in [-0.15, -0.1) is 11.3 Å². The molecule has 0 saturated heterocycles. The molecule has 0 spiro atoms. The van der Waals surface area contributed by atoms with Gasteiger partial charge in [-0.05, 0) is 17.7 Å². The van der Waals surface area contributed by atoms with Gasteiger partial charge in [-0.1, -0.05) is 0 Å². The van der Waals surface area contributed by atoms with Crippen LogP contribution in [0.15, 0.2) is 29.9 Å². The van der Waals surface area contributed by atoms with E-state index >= 15 is 0 Å². The molecular weight excluding hydrogens is 192 g/mol. The number of thiophene rings is 1. The van der Waals surface area contributed by atoms with Gasteiger partial charge in [-0.2, -0.15) is 0 Å². The van der Waals surface area contributed by atoms with Gasteiger partial charge in [0.25, 0.3) is 0 Å². The van der Waals surface area contributed by atoms with Crippen molar-refractivity contribution in [3.05, 3.63) is 35.3 Å². The number of hydrogen-bond donors (Lipinski definition) is 0. The van der Waals surface area contributed by atoms with Gasteiger partial charge in [0.2, 0.25) is 0 Å². The van der Waals surface area contributed by atoms with E-state index in [-0.39, 0.29) is 0 Å². The minimum Gasteiger partial charge on any atom is -0.376 e. The second-order valence-electron chi connectivity index (χ2n) is 3.23. The maximum absolute atomic E-state index is 4.01. The van der Waals surface area contributed by atoms with Crippen LogP contribution in [0.5, 0.6) is 0 Å². The Hall–Kier alpha value is -1.35. The summed E-state index contributed by atoms with van der Waals surface area (Å²) in [6.45, 7) is 0. The fourth-order valence-electron chi connectivity index (χ4n) is 1.31. The lowest BCUT2D eigenvalue weighted by molar-refractivity contribution is 1.14. The molecule has 2 rings (SSSR count). The second-order valence-corrected chi connectivity index (χ2v) is 3.90. The highest BCUT2D eigenvalue weighted by molar-refractivity contribution is 7.08. The van der Waals surface area contributed by atoms with Crippen LogP contribution >= 0.6 is 11.3 Å². The molecule has 2 nitrogen and oxygen atoms in total. The molecule has 0 N–H and O–H groups in total. The summed E-state index contributed by atoms with van der Waals surface area (Å²) in [4.78, 5) is 6.11. The lowest BCUT2D eigenvalue weighted by Gasteiger charge is -2.12. The van der Waals surface area contributed by atoms with E-state index in [4.69, 9.17) is 0 Å². The molecular formula is C11H11N2S. The van der Waals surface area contributed by atoms with Crippen molar-refractivity contribution >= 4 is 17.0 Å². The molecule has 0 atom stereocenters. The number of aromatic nitrogens is 1. The molecule has 0 aliphatic carbocycles. The summed E-state index contributed by atoms with van der Waals surface area (Å²) in [5.74, 6) is 0. The van der Waals surface area contributed by atoms with Crippen molar-refractivity contribution in [1.82, 2.24) is 4.98 Å². The van der Waals surface area contributed by atoms with Crippen molar-refractivity contribution in [2.75, 3.05) is 19.0 Å². The molecule has 2 aromatic rings. The normalized spacial score (nSPS) is 10.1. The Labute approximate surface area is 87.8 Å². The van der Waals surface area contributed by atoms with Crippen molar-refractivity contribution < 1.29 is 0 Å². The first-order chi connectivity index (χ1) is 6.79. The molecule has 3 heteroatoms. The fourth-order valence-corrected chi connectivity index (χ4v) is 2.15. The maximum atomic E-state index is 4.01. The molecule has 71 valence electrons. The summed E-state index contributed by atoms with van der Waals surface area (Å²) in [7, 11) is 4.08. The van der Waals surface area contributed by atoms with Crippen molar-refractivity contribution in [2.45, 2.75) is 0 Å². The largest absolute Gasteiger partial charge is 0.376 e. The zero-order chi connectivity index (χ0) is 9.97. The predicted octanol–water partition coefficient (Wildman–Crippen LogP) is 2.68. The third-order valence-electron chi connectivity index (χ3n) is 2.04. The van der Waals surface area contributed by atoms with Crippen LogP contribution in [0.25, 0.3) is 11.1 Å². The Kier molecular flexibility index (Phi) is 2.50. The van der Waals surface area contributed by atoms with Gasteiger partial charge in [-0.25, -0.2) is 0 Å². The molecule has 2 heterocycles. The molecule has 0 bridgehead atoms. The first kappa shape index (κ1) is 9.21. The van der Waals surface area contributed by atoms with Crippen LogP contribution in [0.2, 0.25) is 0 Å². The van der Waals surface area contributed by atoms with Gasteiger partial charge in [0.1, 0.15) is 0 Å². The molecule has 0 saturated carbocycles. The summed E-state index contributed by atoms with van der Waals surface area (Å²) < 4.78 is 0. The number of anilines is 1. The molecule has 2 aromatic heterocycles. The highest BCUT2D eigenvalue weighted by atomic mass is 32.1. The zero-order valence-corrected chi connectivity index (χ0v) is 9.01. The van der Waals surface area contributed by atoms with Crippen molar-refractivity contribution in [3.63, 3.8) is 0 Å². The topological polar surface area (TPSA) is 16.1 Å². The third kappa shape index (κ3) is 1.63. The van der Waals surface area contributed by atoms with Gasteiger partial charge in [-0.3, -0.25) is 4.98 Å². The molecule has 0 aliphatic rings. The monoisotopic (exact) mass is 203 g/mol. The Morgan fingerprint density at radius 3 is 2.64 bits per heavy atom. The summed E-state index contributed by atoms with van der Waals surface area (Å²) >= 11 is 1.60. The minimum absolute atomic E-state index is 1.16. The van der Waals surface area contributed by atoms with Crippen LogP contribution < -0.4 is 4.90 Å². The van der Waals surface area contributed by atoms with E-state index in [1.54, 1.807) is 23.7 Å². The summed E-state index contributed by atoms with van der Waals surface area (Å²) in [5.41, 5.74) is 3.54. The highest BCUT2D eigenvalue weighted by Crippen LogP contribution is 2.32. The summed E-state index contributed by atoms with van der Waals surface area (Å²) in [6.07, 6.45) is 3.61. The number of nitrogens with zero attached hydrogens (tertiary/aromatic N) is 2. The Balaban J connectivity index is 2.47. The third-order valence-corrected chi connectivity index (χ3v) is 2.70. The van der Waals surface area contributed by atoms with Gasteiger partial charge in [0.05, 0.1) is 11.1 Å². The molecule has 0 aromatic carbocycles. The molecule has 14 heavy (non-hydrogen) atoms. The summed E-state index contributed by atoms with van der Waals surface area (Å²) in [5, 5.41) is 5.38. The number of hydrogen-bond acceptors (Lipinski definition) is 3. The Bertz CT molecular complexity index is 406. The van der Waals surface area contributed by atoms with E-state index in [1.165, 1.54) is 11.3 Å². The molecule has 1 radical (unpaired) electrons. The van der Waals surface area contributed by atoms with E-state index in [9.17, 15) is 0 Å². The van der Waals surface area contributed by atoms with E-state index < -0.39 is 0 Å². The first-order valence-corrected chi connectivity index (χ1v) is 5.24. The first-order valence-electron chi connectivity index (χ1n) is 4.36. The Morgan fingerprint density at radius 1 is 1.29 bits per heavy atom. The van der Waals surface area contributed by atoms with Crippen LogP contribution in [0.3, 0.4) is 0 Å². The van der Waals surface area contributed by atoms with Gasteiger partial charge in [0.15, 0.2) is 0 Å². The SMILES string of the molecule is CN(C)c1cs[c]c1-c1ccncc1. The standard InChI is InChI=1S/C11H11N2S/c1-13(2)11-8-14-7-10(11)9-3-5-12-6-4-9/h3-6,8H,1-2H3. The maximum Gasteiger partial charge on any atom is 0.0556 e. The molecule has 0 fully saturated rings. The molecule has 0 amide bonds. The van der Waals surface area contributed by atoms with Crippen molar-refractivity contribution in [1.29, 1.82) is 0 Å². The van der Waals surface area contributed by atoms with E-state index in [2.05, 4.69) is 20.6 Å². The minimum atomic E-state index is 1.16. The van der Waals surface area contributed by atoms with Crippen molar-refractivity contribution in [3.8, 4) is 11.1 Å². The zero-order valence-electron chi connectivity index (χ0n) is 8.19. The summed E-state index contributed by atoms with van der Waals surface area (Å²) in [6, 6.07) is 4.01. The quantitative estimate of drug-likeness (QED) is 0.746. The van der Waals surface area contributed by atoms with Crippen LogP contribution in [0.1, 0.15) is 0 Å². The molecule has 0 aliphatic heterocycles. The second kappa shape index (κ2) is 3.80. The number of rotatable bonds is 2. The van der Waals surface area contributed by atoms with Crippen molar-refractivity contribution in [2.24, 2.45) is 0 Å². The van der Waals surface area contributed by atoms with Crippen LogP contribution in [0, 0.1) is 5.38 Å². The fraction of sp³-hybridized carbons (Fsp3) is 0.182.